The monoisotopic (exact) mass is 422 g/mol. The predicted octanol–water partition coefficient (Wildman–Crippen LogP) is 4.52. The van der Waals surface area contributed by atoms with Crippen LogP contribution in [-0.2, 0) is 16.2 Å². The molecule has 7 heteroatoms. The molecular weight excluding hydrogens is 407 g/mol. The van der Waals surface area contributed by atoms with E-state index in [1.54, 1.807) is 54.6 Å². The minimum Gasteiger partial charge on any atom is -0.487 e. The fourth-order valence-electron chi connectivity index (χ4n) is 2.95. The van der Waals surface area contributed by atoms with E-state index in [0.717, 1.165) is 5.56 Å². The number of halogens is 2. The van der Waals surface area contributed by atoms with Gasteiger partial charge in [0.25, 0.3) is 11.8 Å². The minimum absolute atomic E-state index is 0.00917. The van der Waals surface area contributed by atoms with Crippen LogP contribution in [-0.4, -0.2) is 11.8 Å². The van der Waals surface area contributed by atoms with Crippen LogP contribution in [0, 0.1) is 5.82 Å². The molecule has 30 heavy (non-hydrogen) atoms. The topological polar surface area (TPSA) is 58.6 Å². The molecule has 4 rings (SSSR count). The van der Waals surface area contributed by atoms with Crippen LogP contribution in [0.25, 0.3) is 6.08 Å². The minimum atomic E-state index is -0.489. The number of carbonyl (C=O) groups excluding carboxylic acids is 2. The van der Waals surface area contributed by atoms with Gasteiger partial charge in [0.1, 0.15) is 23.7 Å². The molecule has 0 saturated carbocycles. The van der Waals surface area contributed by atoms with Gasteiger partial charge in [-0.2, -0.15) is 0 Å². The van der Waals surface area contributed by atoms with Crippen molar-refractivity contribution in [3.8, 4) is 5.75 Å². The molecule has 0 spiro atoms. The first kappa shape index (κ1) is 19.7. The summed E-state index contributed by atoms with van der Waals surface area (Å²) in [5.41, 5.74) is 4.52. The molecular formula is C23H16ClFN2O3. The molecule has 0 aromatic heterocycles. The molecule has 1 heterocycles. The van der Waals surface area contributed by atoms with Gasteiger partial charge < -0.3 is 4.74 Å². The summed E-state index contributed by atoms with van der Waals surface area (Å²) >= 11 is 6.29. The van der Waals surface area contributed by atoms with Gasteiger partial charge in [0.2, 0.25) is 0 Å². The summed E-state index contributed by atoms with van der Waals surface area (Å²) in [6.45, 7) is 0.230. The van der Waals surface area contributed by atoms with Crippen LogP contribution in [0.4, 0.5) is 10.1 Å². The molecule has 1 saturated heterocycles. The van der Waals surface area contributed by atoms with E-state index in [1.165, 1.54) is 23.2 Å². The number of hydrogen-bond donors (Lipinski definition) is 1. The van der Waals surface area contributed by atoms with Crippen molar-refractivity contribution >= 4 is 35.2 Å². The average Bonchev–Trinajstić information content (AvgIpc) is 3.03. The van der Waals surface area contributed by atoms with Crippen LogP contribution in [0.2, 0.25) is 5.02 Å². The quantitative estimate of drug-likeness (QED) is 0.486. The van der Waals surface area contributed by atoms with Crippen molar-refractivity contribution in [1.82, 2.24) is 5.43 Å². The van der Waals surface area contributed by atoms with Crippen molar-refractivity contribution in [2.45, 2.75) is 6.61 Å². The summed E-state index contributed by atoms with van der Waals surface area (Å²) < 4.78 is 18.7. The smallest absolute Gasteiger partial charge is 0.282 e. The highest BCUT2D eigenvalue weighted by Gasteiger charge is 2.34. The van der Waals surface area contributed by atoms with Gasteiger partial charge in [-0.25, -0.2) is 9.40 Å². The summed E-state index contributed by atoms with van der Waals surface area (Å²) in [7, 11) is 0. The molecule has 0 bridgehead atoms. The van der Waals surface area contributed by atoms with Crippen LogP contribution in [0.3, 0.4) is 0 Å². The lowest BCUT2D eigenvalue weighted by Gasteiger charge is -2.13. The number of hydrogen-bond acceptors (Lipinski definition) is 3. The summed E-state index contributed by atoms with van der Waals surface area (Å²) in [5, 5.41) is 1.54. The number of amides is 2. The summed E-state index contributed by atoms with van der Waals surface area (Å²) in [4.78, 5) is 24.9. The maximum absolute atomic E-state index is 13.0. The number of para-hydroxylation sites is 1. The number of hydrazine groups is 1. The van der Waals surface area contributed by atoms with Crippen molar-refractivity contribution in [3.05, 3.63) is 100 Å². The lowest BCUT2D eigenvalue weighted by atomic mass is 10.1. The van der Waals surface area contributed by atoms with Crippen LogP contribution in [0.1, 0.15) is 11.1 Å². The molecule has 150 valence electrons. The highest BCUT2D eigenvalue weighted by Crippen LogP contribution is 2.28. The zero-order chi connectivity index (χ0) is 21.1. The first-order chi connectivity index (χ1) is 14.5. The van der Waals surface area contributed by atoms with Crippen molar-refractivity contribution in [1.29, 1.82) is 0 Å². The Labute approximate surface area is 177 Å². The summed E-state index contributed by atoms with van der Waals surface area (Å²) in [6, 6.07) is 19.8. The van der Waals surface area contributed by atoms with E-state index in [0.29, 0.717) is 22.0 Å². The van der Waals surface area contributed by atoms with Crippen LogP contribution >= 0.6 is 11.6 Å². The Balaban J connectivity index is 1.50. The standard InChI is InChI=1S/C23H16ClFN2O3/c24-20-13-16(8-11-21(20)30-14-15-6-9-17(25)10-7-15)12-19-22(28)26-27(23(19)29)18-4-2-1-3-5-18/h1-13H,14H2,(H,26,28). The average molecular weight is 423 g/mol. The van der Waals surface area contributed by atoms with Gasteiger partial charge in [-0.05, 0) is 53.6 Å². The third-order valence-corrected chi connectivity index (χ3v) is 4.78. The molecule has 5 nitrogen and oxygen atoms in total. The number of rotatable bonds is 5. The van der Waals surface area contributed by atoms with E-state index >= 15 is 0 Å². The van der Waals surface area contributed by atoms with Crippen LogP contribution in [0.5, 0.6) is 5.75 Å². The van der Waals surface area contributed by atoms with E-state index < -0.39 is 11.8 Å². The van der Waals surface area contributed by atoms with Gasteiger partial charge >= 0.3 is 0 Å². The number of anilines is 1. The molecule has 3 aromatic rings. The lowest BCUT2D eigenvalue weighted by Crippen LogP contribution is -2.35. The van der Waals surface area contributed by atoms with Gasteiger partial charge in [-0.1, -0.05) is 48.0 Å². The Morgan fingerprint density at radius 1 is 1.00 bits per heavy atom. The van der Waals surface area contributed by atoms with Crippen molar-refractivity contribution < 1.29 is 18.7 Å². The van der Waals surface area contributed by atoms with Gasteiger partial charge in [-0.3, -0.25) is 15.0 Å². The summed E-state index contributed by atoms with van der Waals surface area (Å²) in [6.07, 6.45) is 1.48. The molecule has 0 unspecified atom stereocenters. The Kier molecular flexibility index (Phi) is 5.50. The number of nitrogens with zero attached hydrogens (tertiary/aromatic N) is 1. The molecule has 1 fully saturated rings. The fourth-order valence-corrected chi connectivity index (χ4v) is 3.19. The first-order valence-electron chi connectivity index (χ1n) is 9.10. The third kappa shape index (κ3) is 4.18. The van der Waals surface area contributed by atoms with Crippen molar-refractivity contribution in [2.75, 3.05) is 5.01 Å². The molecule has 0 atom stereocenters. The van der Waals surface area contributed by atoms with Crippen molar-refractivity contribution in [2.24, 2.45) is 0 Å². The van der Waals surface area contributed by atoms with Gasteiger partial charge in [-0.15, -0.1) is 0 Å². The fraction of sp³-hybridized carbons (Fsp3) is 0.0435. The maximum Gasteiger partial charge on any atom is 0.282 e. The Morgan fingerprint density at radius 2 is 1.73 bits per heavy atom. The highest BCUT2D eigenvalue weighted by molar-refractivity contribution is 6.33. The van der Waals surface area contributed by atoms with E-state index in [4.69, 9.17) is 16.3 Å². The number of benzene rings is 3. The normalized spacial score (nSPS) is 14.9. The molecule has 2 amide bonds. The first-order valence-corrected chi connectivity index (χ1v) is 9.48. The van der Waals surface area contributed by atoms with Crippen molar-refractivity contribution in [3.63, 3.8) is 0 Å². The molecule has 1 aliphatic heterocycles. The van der Waals surface area contributed by atoms with Gasteiger partial charge in [0.15, 0.2) is 0 Å². The summed E-state index contributed by atoms with van der Waals surface area (Å²) in [5.74, 6) is -0.808. The van der Waals surface area contributed by atoms with Crippen LogP contribution < -0.4 is 15.2 Å². The van der Waals surface area contributed by atoms with E-state index in [1.807, 2.05) is 6.07 Å². The van der Waals surface area contributed by atoms with E-state index in [2.05, 4.69) is 5.43 Å². The maximum atomic E-state index is 13.0. The highest BCUT2D eigenvalue weighted by atomic mass is 35.5. The zero-order valence-electron chi connectivity index (χ0n) is 15.6. The molecule has 0 aliphatic carbocycles. The van der Waals surface area contributed by atoms with Gasteiger partial charge in [0, 0.05) is 0 Å². The number of ether oxygens (including phenoxy) is 1. The molecule has 1 aliphatic rings. The number of carbonyl (C=O) groups is 2. The number of nitrogens with one attached hydrogen (secondary N) is 1. The SMILES string of the molecule is O=C1NN(c2ccccc2)C(=O)C1=Cc1ccc(OCc2ccc(F)cc2)c(Cl)c1. The zero-order valence-corrected chi connectivity index (χ0v) is 16.4. The van der Waals surface area contributed by atoms with Gasteiger partial charge in [0.05, 0.1) is 10.7 Å². The largest absolute Gasteiger partial charge is 0.487 e. The second-order valence-electron chi connectivity index (χ2n) is 6.58. The lowest BCUT2D eigenvalue weighted by molar-refractivity contribution is -0.117. The van der Waals surface area contributed by atoms with Crippen LogP contribution in [0.15, 0.2) is 78.4 Å². The second kappa shape index (κ2) is 8.39. The predicted molar refractivity (Wildman–Crippen MR) is 112 cm³/mol. The van der Waals surface area contributed by atoms with E-state index in [9.17, 15) is 14.0 Å². The third-order valence-electron chi connectivity index (χ3n) is 4.48. The Morgan fingerprint density at radius 3 is 2.43 bits per heavy atom. The molecule has 1 N–H and O–H groups in total. The Hall–Kier alpha value is -3.64. The Bertz CT molecular complexity index is 1130. The molecule has 3 aromatic carbocycles. The molecule has 0 radical (unpaired) electrons. The second-order valence-corrected chi connectivity index (χ2v) is 6.99. The van der Waals surface area contributed by atoms with E-state index in [-0.39, 0.29) is 18.0 Å².